The van der Waals surface area contributed by atoms with E-state index in [1.165, 1.54) is 51.7 Å². The van der Waals surface area contributed by atoms with E-state index >= 15 is 0 Å². The highest BCUT2D eigenvalue weighted by molar-refractivity contribution is 4.90. The Morgan fingerprint density at radius 3 is 2.48 bits per heavy atom. The Bertz CT molecular complexity index is 321. The van der Waals surface area contributed by atoms with Gasteiger partial charge in [0.1, 0.15) is 0 Å². The molecule has 124 valence electrons. The van der Waals surface area contributed by atoms with Gasteiger partial charge in [0.2, 0.25) is 0 Å². The summed E-state index contributed by atoms with van der Waals surface area (Å²) >= 11 is 0. The summed E-state index contributed by atoms with van der Waals surface area (Å²) in [6.07, 6.45) is 6.56. The third-order valence-electron chi connectivity index (χ3n) is 5.97. The summed E-state index contributed by atoms with van der Waals surface area (Å²) in [5.74, 6) is 1.54. The molecule has 2 fully saturated rings. The molecule has 2 aliphatic rings. The first kappa shape index (κ1) is 17.2. The quantitative estimate of drug-likeness (QED) is 0.869. The van der Waals surface area contributed by atoms with Gasteiger partial charge >= 0.3 is 0 Å². The van der Waals surface area contributed by atoms with Gasteiger partial charge in [0.15, 0.2) is 0 Å². The molecule has 1 saturated heterocycles. The van der Waals surface area contributed by atoms with Crippen LogP contribution in [-0.2, 0) is 0 Å². The highest BCUT2D eigenvalue weighted by atomic mass is 15.2. The number of piperidine rings is 1. The van der Waals surface area contributed by atoms with Crippen molar-refractivity contribution in [3.63, 3.8) is 0 Å². The second-order valence-electron chi connectivity index (χ2n) is 8.82. The third kappa shape index (κ3) is 4.67. The van der Waals surface area contributed by atoms with E-state index in [0.29, 0.717) is 17.4 Å². The number of nitrogens with two attached hydrogens (primary N) is 1. The molecule has 3 nitrogen and oxygen atoms in total. The Kier molecular flexibility index (Phi) is 5.72. The minimum Gasteiger partial charge on any atom is -0.327 e. The van der Waals surface area contributed by atoms with Gasteiger partial charge in [-0.05, 0) is 70.0 Å². The van der Waals surface area contributed by atoms with Crippen LogP contribution in [0, 0.1) is 17.3 Å². The van der Waals surface area contributed by atoms with Gasteiger partial charge in [-0.3, -0.25) is 0 Å². The largest absolute Gasteiger partial charge is 0.327 e. The molecule has 0 aromatic rings. The van der Waals surface area contributed by atoms with Crippen LogP contribution in [0.1, 0.15) is 52.9 Å². The highest BCUT2D eigenvalue weighted by Gasteiger charge is 2.35. The Morgan fingerprint density at radius 1 is 1.14 bits per heavy atom. The monoisotopic (exact) mass is 295 g/mol. The van der Waals surface area contributed by atoms with Crippen molar-refractivity contribution in [2.45, 2.75) is 65.0 Å². The molecule has 0 aromatic carbocycles. The second kappa shape index (κ2) is 6.97. The molecule has 4 unspecified atom stereocenters. The van der Waals surface area contributed by atoms with E-state index in [4.69, 9.17) is 5.73 Å². The van der Waals surface area contributed by atoms with Crippen molar-refractivity contribution < 1.29 is 0 Å². The molecule has 3 heteroatoms. The van der Waals surface area contributed by atoms with Gasteiger partial charge < -0.3 is 15.5 Å². The predicted octanol–water partition coefficient (Wildman–Crippen LogP) is 2.80. The van der Waals surface area contributed by atoms with Crippen LogP contribution in [0.15, 0.2) is 0 Å². The maximum atomic E-state index is 6.46. The molecule has 21 heavy (non-hydrogen) atoms. The summed E-state index contributed by atoms with van der Waals surface area (Å²) in [6.45, 7) is 10.9. The van der Waals surface area contributed by atoms with Crippen molar-refractivity contribution in [2.75, 3.05) is 33.7 Å². The molecule has 2 N–H and O–H groups in total. The van der Waals surface area contributed by atoms with Crippen molar-refractivity contribution in [1.82, 2.24) is 9.80 Å². The van der Waals surface area contributed by atoms with Crippen LogP contribution >= 0.6 is 0 Å². The lowest BCUT2D eigenvalue weighted by Gasteiger charge is -2.44. The number of rotatable bonds is 3. The first-order valence-corrected chi connectivity index (χ1v) is 8.91. The first-order valence-electron chi connectivity index (χ1n) is 8.91. The molecule has 0 radical (unpaired) electrons. The van der Waals surface area contributed by atoms with Crippen LogP contribution in [-0.4, -0.2) is 55.6 Å². The lowest BCUT2D eigenvalue weighted by molar-refractivity contribution is 0.0725. The van der Waals surface area contributed by atoms with Crippen molar-refractivity contribution in [3.8, 4) is 0 Å². The fourth-order valence-electron chi connectivity index (χ4n) is 4.23. The molecule has 2 rings (SSSR count). The summed E-state index contributed by atoms with van der Waals surface area (Å²) in [6, 6.07) is 1.15. The van der Waals surface area contributed by atoms with Gasteiger partial charge in [-0.1, -0.05) is 20.8 Å². The van der Waals surface area contributed by atoms with E-state index in [0.717, 1.165) is 12.0 Å². The zero-order valence-corrected chi connectivity index (χ0v) is 14.9. The van der Waals surface area contributed by atoms with Gasteiger partial charge in [0.05, 0.1) is 0 Å². The Hall–Kier alpha value is -0.120. The molecule has 4 atom stereocenters. The number of likely N-dealkylation sites (N-methyl/N-ethyl adjacent to an activating group) is 1. The lowest BCUT2D eigenvalue weighted by atomic mass is 9.67. The average Bonchev–Trinajstić information content (AvgIpc) is 2.40. The fraction of sp³-hybridized carbons (Fsp3) is 1.00. The van der Waals surface area contributed by atoms with E-state index in [-0.39, 0.29) is 0 Å². The summed E-state index contributed by atoms with van der Waals surface area (Å²) in [5, 5.41) is 0. The van der Waals surface area contributed by atoms with E-state index in [1.807, 2.05) is 0 Å². The molecule has 0 bridgehead atoms. The summed E-state index contributed by atoms with van der Waals surface area (Å²) in [5.41, 5.74) is 6.90. The molecule has 1 saturated carbocycles. The molecule has 0 spiro atoms. The third-order valence-corrected chi connectivity index (χ3v) is 5.97. The van der Waals surface area contributed by atoms with E-state index in [1.54, 1.807) is 0 Å². The van der Waals surface area contributed by atoms with E-state index in [9.17, 15) is 0 Å². The van der Waals surface area contributed by atoms with Crippen LogP contribution in [0.5, 0.6) is 0 Å². The van der Waals surface area contributed by atoms with Crippen molar-refractivity contribution in [2.24, 2.45) is 23.0 Å². The lowest BCUT2D eigenvalue weighted by Crippen LogP contribution is -2.50. The van der Waals surface area contributed by atoms with Gasteiger partial charge in [-0.25, -0.2) is 0 Å². The SMILES string of the molecule is CN(C)C1CCCN(CC2CC(C(C)(C)C)CCC2N)C1. The number of nitrogens with zero attached hydrogens (tertiary/aromatic N) is 2. The number of likely N-dealkylation sites (tertiary alicyclic amines) is 1. The zero-order valence-electron chi connectivity index (χ0n) is 14.9. The Morgan fingerprint density at radius 2 is 1.86 bits per heavy atom. The normalized spacial score (nSPS) is 36.1. The van der Waals surface area contributed by atoms with E-state index < -0.39 is 0 Å². The van der Waals surface area contributed by atoms with Gasteiger partial charge in [-0.15, -0.1) is 0 Å². The fourth-order valence-corrected chi connectivity index (χ4v) is 4.23. The van der Waals surface area contributed by atoms with E-state index in [2.05, 4.69) is 44.7 Å². The average molecular weight is 296 g/mol. The van der Waals surface area contributed by atoms with Crippen LogP contribution in [0.4, 0.5) is 0 Å². The molecular formula is C18H37N3. The van der Waals surface area contributed by atoms with Crippen LogP contribution in [0.2, 0.25) is 0 Å². The molecule has 1 aliphatic carbocycles. The van der Waals surface area contributed by atoms with Crippen molar-refractivity contribution in [3.05, 3.63) is 0 Å². The molecule has 1 heterocycles. The number of hydrogen-bond donors (Lipinski definition) is 1. The smallest absolute Gasteiger partial charge is 0.0217 e. The summed E-state index contributed by atoms with van der Waals surface area (Å²) in [4.78, 5) is 5.08. The van der Waals surface area contributed by atoms with Gasteiger partial charge in [-0.2, -0.15) is 0 Å². The maximum absolute atomic E-state index is 6.46. The molecule has 0 aromatic heterocycles. The standard InChI is InChI=1S/C18H37N3/c1-18(2,3)15-8-9-17(19)14(11-15)12-21-10-6-7-16(13-21)20(4)5/h14-17H,6-13,19H2,1-5H3. The maximum Gasteiger partial charge on any atom is 0.0217 e. The van der Waals surface area contributed by atoms with Crippen LogP contribution in [0.25, 0.3) is 0 Å². The van der Waals surface area contributed by atoms with Crippen molar-refractivity contribution in [1.29, 1.82) is 0 Å². The number of hydrogen-bond acceptors (Lipinski definition) is 3. The predicted molar refractivity (Wildman–Crippen MR) is 91.4 cm³/mol. The van der Waals surface area contributed by atoms with Gasteiger partial charge in [0, 0.05) is 25.2 Å². The first-order chi connectivity index (χ1) is 9.77. The zero-order chi connectivity index (χ0) is 15.6. The molecule has 1 aliphatic heterocycles. The van der Waals surface area contributed by atoms with Crippen molar-refractivity contribution >= 4 is 0 Å². The second-order valence-corrected chi connectivity index (χ2v) is 8.82. The topological polar surface area (TPSA) is 32.5 Å². The minimum atomic E-state index is 0.420. The Balaban J connectivity index is 1.91. The minimum absolute atomic E-state index is 0.420. The Labute approximate surface area is 132 Å². The summed E-state index contributed by atoms with van der Waals surface area (Å²) < 4.78 is 0. The molecular weight excluding hydrogens is 258 g/mol. The van der Waals surface area contributed by atoms with Crippen LogP contribution < -0.4 is 5.73 Å². The highest BCUT2D eigenvalue weighted by Crippen LogP contribution is 2.40. The van der Waals surface area contributed by atoms with Crippen LogP contribution in [0.3, 0.4) is 0 Å². The summed E-state index contributed by atoms with van der Waals surface area (Å²) in [7, 11) is 4.44. The van der Waals surface area contributed by atoms with Gasteiger partial charge in [0.25, 0.3) is 0 Å². The molecule has 0 amide bonds.